The maximum Gasteiger partial charge on any atom is 0.274 e. The lowest BCUT2D eigenvalue weighted by Gasteiger charge is -2.22. The van der Waals surface area contributed by atoms with Gasteiger partial charge < -0.3 is 4.90 Å². The van der Waals surface area contributed by atoms with E-state index in [4.69, 9.17) is 0 Å². The number of carbonyl (C=O) groups is 1. The minimum atomic E-state index is -3.11. The lowest BCUT2D eigenvalue weighted by molar-refractivity contribution is 0.0740. The Labute approximate surface area is 168 Å². The van der Waals surface area contributed by atoms with Crippen LogP contribution >= 0.6 is 11.3 Å². The molecule has 0 N–H and O–H groups in total. The minimum Gasteiger partial charge on any atom is -0.336 e. The van der Waals surface area contributed by atoms with Crippen molar-refractivity contribution in [2.75, 3.05) is 30.1 Å². The second-order valence-corrected chi connectivity index (χ2v) is 12.8. The van der Waals surface area contributed by atoms with Crippen LogP contribution in [0.3, 0.4) is 0 Å². The van der Waals surface area contributed by atoms with Crippen molar-refractivity contribution in [3.05, 3.63) is 29.3 Å². The molecule has 0 unspecified atom stereocenters. The Morgan fingerprint density at radius 3 is 2.46 bits per heavy atom. The second kappa shape index (κ2) is 6.96. The van der Waals surface area contributed by atoms with Gasteiger partial charge >= 0.3 is 0 Å². The van der Waals surface area contributed by atoms with E-state index in [1.807, 2.05) is 17.5 Å². The van der Waals surface area contributed by atoms with Crippen LogP contribution in [-0.4, -0.2) is 73.5 Å². The Bertz CT molecular complexity index is 1100. The number of hydrogen-bond donors (Lipinski definition) is 0. The zero-order chi connectivity index (χ0) is 20.1. The molecule has 0 aliphatic carbocycles. The molecule has 0 bridgehead atoms. The first-order valence-electron chi connectivity index (χ1n) is 8.97. The Hall–Kier alpha value is -1.72. The van der Waals surface area contributed by atoms with Gasteiger partial charge in [0.2, 0.25) is 0 Å². The number of hydrogen-bond acceptors (Lipinski definition) is 7. The molecule has 2 atom stereocenters. The molecule has 0 spiro atoms. The fraction of sp³-hybridized carbons (Fsp3) is 0.529. The van der Waals surface area contributed by atoms with E-state index in [-0.39, 0.29) is 46.7 Å². The van der Waals surface area contributed by atoms with Gasteiger partial charge in [-0.25, -0.2) is 16.8 Å². The fourth-order valence-electron chi connectivity index (χ4n) is 3.78. The van der Waals surface area contributed by atoms with Crippen molar-refractivity contribution >= 4 is 36.9 Å². The summed E-state index contributed by atoms with van der Waals surface area (Å²) in [5.41, 5.74) is 0.924. The molecule has 4 rings (SSSR count). The van der Waals surface area contributed by atoms with Crippen molar-refractivity contribution in [1.29, 1.82) is 0 Å². The van der Waals surface area contributed by atoms with Crippen LogP contribution in [0.1, 0.15) is 29.4 Å². The summed E-state index contributed by atoms with van der Waals surface area (Å²) in [6.45, 7) is 0. The van der Waals surface area contributed by atoms with E-state index < -0.39 is 19.7 Å². The normalized spacial score (nSPS) is 25.8. The van der Waals surface area contributed by atoms with Gasteiger partial charge in [-0.1, -0.05) is 6.07 Å². The highest BCUT2D eigenvalue weighted by atomic mass is 32.2. The third-order valence-electron chi connectivity index (χ3n) is 5.36. The van der Waals surface area contributed by atoms with Gasteiger partial charge in [-0.15, -0.1) is 11.3 Å². The van der Waals surface area contributed by atoms with Crippen LogP contribution in [0.4, 0.5) is 0 Å². The number of rotatable bonds is 4. The summed E-state index contributed by atoms with van der Waals surface area (Å²) >= 11 is 1.49. The maximum atomic E-state index is 13.0. The lowest BCUT2D eigenvalue weighted by atomic mass is 10.2. The molecule has 28 heavy (non-hydrogen) atoms. The average Bonchev–Trinajstić information content (AvgIpc) is 3.38. The van der Waals surface area contributed by atoms with Gasteiger partial charge in [-0.2, -0.15) is 5.10 Å². The topological polar surface area (TPSA) is 106 Å². The Kier molecular flexibility index (Phi) is 4.87. The van der Waals surface area contributed by atoms with Gasteiger partial charge in [0.15, 0.2) is 25.4 Å². The quantitative estimate of drug-likeness (QED) is 0.704. The van der Waals surface area contributed by atoms with E-state index in [0.29, 0.717) is 18.5 Å². The zero-order valence-electron chi connectivity index (χ0n) is 15.3. The molecule has 8 nitrogen and oxygen atoms in total. The highest BCUT2D eigenvalue weighted by Gasteiger charge is 2.36. The first kappa shape index (κ1) is 19.6. The largest absolute Gasteiger partial charge is 0.336 e. The third-order valence-corrected chi connectivity index (χ3v) is 9.75. The smallest absolute Gasteiger partial charge is 0.274 e. The van der Waals surface area contributed by atoms with Crippen LogP contribution in [0.15, 0.2) is 23.6 Å². The molecule has 1 amide bonds. The van der Waals surface area contributed by atoms with Crippen LogP contribution in [0.5, 0.6) is 0 Å². The van der Waals surface area contributed by atoms with E-state index in [1.165, 1.54) is 16.2 Å². The van der Waals surface area contributed by atoms with Crippen LogP contribution in [-0.2, 0) is 19.7 Å². The Morgan fingerprint density at radius 2 is 1.89 bits per heavy atom. The van der Waals surface area contributed by atoms with Gasteiger partial charge in [0, 0.05) is 13.1 Å². The molecular weight excluding hydrogens is 422 g/mol. The first-order chi connectivity index (χ1) is 13.2. The predicted molar refractivity (Wildman–Crippen MR) is 107 cm³/mol. The molecule has 2 aromatic heterocycles. The molecule has 2 aromatic rings. The number of thiophene rings is 1. The number of amides is 1. The average molecular weight is 444 g/mol. The SMILES string of the molecule is CN(C(=O)c1cc(-c2cccs2)n([C@@H]2CCS(=O)(=O)C2)n1)[C@@H]1CCS(=O)(=O)C1. The minimum absolute atomic E-state index is 0.0113. The summed E-state index contributed by atoms with van der Waals surface area (Å²) in [4.78, 5) is 15.3. The predicted octanol–water partition coefficient (Wildman–Crippen LogP) is 1.23. The standard InChI is InChI=1S/C17H21N3O5S3/c1-19(12-4-7-27(22,23)10-12)17(21)14-9-15(16-3-2-6-26-16)20(18-14)13-5-8-28(24,25)11-13/h2-3,6,9,12-13H,4-5,7-8,10-11H2,1H3/t12-,13-/m1/s1. The van der Waals surface area contributed by atoms with Crippen molar-refractivity contribution in [1.82, 2.24) is 14.7 Å². The zero-order valence-corrected chi connectivity index (χ0v) is 17.8. The van der Waals surface area contributed by atoms with Gasteiger partial charge in [-0.05, 0) is 30.4 Å². The van der Waals surface area contributed by atoms with Crippen molar-refractivity contribution in [2.24, 2.45) is 0 Å². The van der Waals surface area contributed by atoms with E-state index in [0.717, 1.165) is 4.88 Å². The molecule has 2 fully saturated rings. The Morgan fingerprint density at radius 1 is 1.18 bits per heavy atom. The summed E-state index contributed by atoms with van der Waals surface area (Å²) < 4.78 is 49.0. The molecule has 0 aromatic carbocycles. The van der Waals surface area contributed by atoms with Crippen molar-refractivity contribution in [3.63, 3.8) is 0 Å². The number of sulfone groups is 2. The summed E-state index contributed by atoms with van der Waals surface area (Å²) in [6.07, 6.45) is 0.886. The second-order valence-electron chi connectivity index (χ2n) is 7.37. The molecule has 4 heterocycles. The van der Waals surface area contributed by atoms with Crippen LogP contribution in [0.2, 0.25) is 0 Å². The van der Waals surface area contributed by atoms with E-state index in [9.17, 15) is 21.6 Å². The molecule has 2 saturated heterocycles. The summed E-state index contributed by atoms with van der Waals surface area (Å²) in [5.74, 6) is -0.167. The van der Waals surface area contributed by atoms with Gasteiger partial charge in [0.1, 0.15) is 0 Å². The number of nitrogens with zero attached hydrogens (tertiary/aromatic N) is 3. The lowest BCUT2D eigenvalue weighted by Crippen LogP contribution is -2.38. The molecule has 0 saturated carbocycles. The van der Waals surface area contributed by atoms with E-state index >= 15 is 0 Å². The number of aromatic nitrogens is 2. The van der Waals surface area contributed by atoms with Gasteiger partial charge in [0.25, 0.3) is 5.91 Å². The number of carbonyl (C=O) groups excluding carboxylic acids is 1. The molecule has 2 aliphatic heterocycles. The van der Waals surface area contributed by atoms with Crippen LogP contribution in [0, 0.1) is 0 Å². The van der Waals surface area contributed by atoms with Gasteiger partial charge in [-0.3, -0.25) is 9.48 Å². The van der Waals surface area contributed by atoms with Crippen LogP contribution in [0.25, 0.3) is 10.6 Å². The molecule has 2 aliphatic rings. The first-order valence-corrected chi connectivity index (χ1v) is 13.5. The highest BCUT2D eigenvalue weighted by molar-refractivity contribution is 7.91. The molecule has 11 heteroatoms. The molecule has 152 valence electrons. The molecular formula is C17H21N3O5S3. The Balaban J connectivity index is 1.66. The third kappa shape index (κ3) is 3.74. The summed E-state index contributed by atoms with van der Waals surface area (Å²) in [5, 5.41) is 6.37. The van der Waals surface area contributed by atoms with Crippen molar-refractivity contribution in [2.45, 2.75) is 24.9 Å². The van der Waals surface area contributed by atoms with Crippen molar-refractivity contribution < 1.29 is 21.6 Å². The molecule has 0 radical (unpaired) electrons. The summed E-state index contributed by atoms with van der Waals surface area (Å²) in [6, 6.07) is 4.81. The van der Waals surface area contributed by atoms with E-state index in [2.05, 4.69) is 5.10 Å². The van der Waals surface area contributed by atoms with Gasteiger partial charge in [0.05, 0.1) is 39.6 Å². The fourth-order valence-corrected chi connectivity index (χ4v) is 7.98. The van der Waals surface area contributed by atoms with Crippen molar-refractivity contribution in [3.8, 4) is 10.6 Å². The van der Waals surface area contributed by atoms with E-state index in [1.54, 1.807) is 17.8 Å². The summed E-state index contributed by atoms with van der Waals surface area (Å²) in [7, 11) is -4.61. The highest BCUT2D eigenvalue weighted by Crippen LogP contribution is 2.32. The van der Waals surface area contributed by atoms with Crippen LogP contribution < -0.4 is 0 Å². The maximum absolute atomic E-state index is 13.0. The monoisotopic (exact) mass is 443 g/mol.